The maximum absolute atomic E-state index is 12.2. The maximum atomic E-state index is 12.2. The summed E-state index contributed by atoms with van der Waals surface area (Å²) in [5, 5.41) is 7.35. The van der Waals surface area contributed by atoms with Crippen LogP contribution in [0.5, 0.6) is 0 Å². The Morgan fingerprint density at radius 1 is 1.00 bits per heavy atom. The number of carbonyl (C=O) groups is 1. The van der Waals surface area contributed by atoms with Crippen LogP contribution >= 0.6 is 0 Å². The molecule has 0 fully saturated rings. The van der Waals surface area contributed by atoms with Crippen LogP contribution in [-0.2, 0) is 6.54 Å². The van der Waals surface area contributed by atoms with E-state index in [0.717, 1.165) is 11.1 Å². The summed E-state index contributed by atoms with van der Waals surface area (Å²) in [4.78, 5) is 12.2. The van der Waals surface area contributed by atoms with Gasteiger partial charge in [-0.05, 0) is 19.4 Å². The standard InChI is InChI=1S/C20H21N3O/c1-14-4-8-16(9-5-14)12-23-13-18(20(24)21-3)19(22-23)17-10-6-15(2)7-11-17/h4-11,13H,12H2,1-3H3,(H,21,24). The Balaban J connectivity index is 1.98. The van der Waals surface area contributed by atoms with Gasteiger partial charge in [-0.15, -0.1) is 0 Å². The number of nitrogens with one attached hydrogen (secondary N) is 1. The predicted octanol–water partition coefficient (Wildman–Crippen LogP) is 3.57. The molecule has 4 nitrogen and oxygen atoms in total. The Morgan fingerprint density at radius 2 is 1.58 bits per heavy atom. The second kappa shape index (κ2) is 6.71. The largest absolute Gasteiger partial charge is 0.355 e. The molecule has 0 atom stereocenters. The first kappa shape index (κ1) is 16.0. The van der Waals surface area contributed by atoms with Crippen molar-refractivity contribution < 1.29 is 4.79 Å². The average Bonchev–Trinajstić information content (AvgIpc) is 3.01. The Hall–Kier alpha value is -2.88. The van der Waals surface area contributed by atoms with Crippen LogP contribution in [0.3, 0.4) is 0 Å². The molecule has 1 N–H and O–H groups in total. The van der Waals surface area contributed by atoms with Gasteiger partial charge in [-0.3, -0.25) is 9.48 Å². The van der Waals surface area contributed by atoms with Gasteiger partial charge in [0.15, 0.2) is 0 Å². The number of hydrogen-bond acceptors (Lipinski definition) is 2. The van der Waals surface area contributed by atoms with Crippen LogP contribution < -0.4 is 5.32 Å². The number of aromatic nitrogens is 2. The van der Waals surface area contributed by atoms with Crippen molar-refractivity contribution in [1.29, 1.82) is 0 Å². The molecule has 0 aliphatic rings. The smallest absolute Gasteiger partial charge is 0.254 e. The number of nitrogens with zero attached hydrogens (tertiary/aromatic N) is 2. The van der Waals surface area contributed by atoms with E-state index in [-0.39, 0.29) is 5.91 Å². The summed E-state index contributed by atoms with van der Waals surface area (Å²) in [6.07, 6.45) is 1.81. The van der Waals surface area contributed by atoms with Gasteiger partial charge in [0.1, 0.15) is 5.69 Å². The molecule has 0 saturated heterocycles. The van der Waals surface area contributed by atoms with E-state index in [4.69, 9.17) is 0 Å². The molecule has 3 rings (SSSR count). The molecule has 2 aromatic carbocycles. The predicted molar refractivity (Wildman–Crippen MR) is 96.1 cm³/mol. The average molecular weight is 319 g/mol. The highest BCUT2D eigenvalue weighted by Gasteiger charge is 2.17. The molecule has 0 saturated carbocycles. The molecule has 24 heavy (non-hydrogen) atoms. The fourth-order valence-electron chi connectivity index (χ4n) is 2.61. The second-order valence-electron chi connectivity index (χ2n) is 6.02. The van der Waals surface area contributed by atoms with Gasteiger partial charge in [-0.2, -0.15) is 5.10 Å². The van der Waals surface area contributed by atoms with E-state index < -0.39 is 0 Å². The van der Waals surface area contributed by atoms with E-state index in [2.05, 4.69) is 41.6 Å². The van der Waals surface area contributed by atoms with Gasteiger partial charge in [-0.1, -0.05) is 59.7 Å². The van der Waals surface area contributed by atoms with Crippen LogP contribution in [0.25, 0.3) is 11.3 Å². The van der Waals surface area contributed by atoms with Gasteiger partial charge < -0.3 is 5.32 Å². The lowest BCUT2D eigenvalue weighted by atomic mass is 10.1. The summed E-state index contributed by atoms with van der Waals surface area (Å²) in [5.74, 6) is -0.124. The minimum atomic E-state index is -0.124. The van der Waals surface area contributed by atoms with E-state index >= 15 is 0 Å². The molecule has 0 spiro atoms. The van der Waals surface area contributed by atoms with Gasteiger partial charge in [0.05, 0.1) is 12.1 Å². The highest BCUT2D eigenvalue weighted by Crippen LogP contribution is 2.23. The second-order valence-corrected chi connectivity index (χ2v) is 6.02. The minimum absolute atomic E-state index is 0.124. The zero-order valence-corrected chi connectivity index (χ0v) is 14.2. The molecule has 0 radical (unpaired) electrons. The number of rotatable bonds is 4. The monoisotopic (exact) mass is 319 g/mol. The molecule has 0 unspecified atom stereocenters. The number of carbonyl (C=O) groups excluding carboxylic acids is 1. The number of aryl methyl sites for hydroxylation is 2. The Bertz CT molecular complexity index is 846. The van der Waals surface area contributed by atoms with Crippen molar-refractivity contribution in [3.8, 4) is 11.3 Å². The minimum Gasteiger partial charge on any atom is -0.355 e. The lowest BCUT2D eigenvalue weighted by molar-refractivity contribution is 0.0963. The molecular weight excluding hydrogens is 298 g/mol. The summed E-state index contributed by atoms with van der Waals surface area (Å²) >= 11 is 0. The quantitative estimate of drug-likeness (QED) is 0.799. The first-order valence-corrected chi connectivity index (χ1v) is 7.99. The number of benzene rings is 2. The Labute approximate surface area is 142 Å². The molecule has 0 aliphatic heterocycles. The van der Waals surface area contributed by atoms with Crippen molar-refractivity contribution in [3.63, 3.8) is 0 Å². The first-order valence-electron chi connectivity index (χ1n) is 7.99. The first-order chi connectivity index (χ1) is 11.6. The highest BCUT2D eigenvalue weighted by atomic mass is 16.1. The van der Waals surface area contributed by atoms with Crippen LogP contribution in [0.15, 0.2) is 54.7 Å². The van der Waals surface area contributed by atoms with Crippen molar-refractivity contribution in [2.24, 2.45) is 0 Å². The van der Waals surface area contributed by atoms with Crippen molar-refractivity contribution in [3.05, 3.63) is 77.0 Å². The van der Waals surface area contributed by atoms with E-state index in [1.807, 2.05) is 42.1 Å². The SMILES string of the molecule is CNC(=O)c1cn(Cc2ccc(C)cc2)nc1-c1ccc(C)cc1. The lowest BCUT2D eigenvalue weighted by Gasteiger charge is -2.03. The van der Waals surface area contributed by atoms with E-state index in [9.17, 15) is 4.79 Å². The Morgan fingerprint density at radius 3 is 2.17 bits per heavy atom. The fraction of sp³-hybridized carbons (Fsp3) is 0.200. The van der Waals surface area contributed by atoms with E-state index in [1.54, 1.807) is 7.05 Å². The van der Waals surface area contributed by atoms with Gasteiger partial charge in [0.25, 0.3) is 5.91 Å². The van der Waals surface area contributed by atoms with E-state index in [0.29, 0.717) is 17.8 Å². The van der Waals surface area contributed by atoms with Gasteiger partial charge >= 0.3 is 0 Å². The molecule has 4 heteroatoms. The molecule has 0 aliphatic carbocycles. The molecule has 122 valence electrons. The van der Waals surface area contributed by atoms with Crippen molar-refractivity contribution in [2.75, 3.05) is 7.05 Å². The summed E-state index contributed by atoms with van der Waals surface area (Å²) in [6, 6.07) is 16.4. The summed E-state index contributed by atoms with van der Waals surface area (Å²) in [7, 11) is 1.64. The third kappa shape index (κ3) is 3.38. The Kier molecular flexibility index (Phi) is 4.47. The fourth-order valence-corrected chi connectivity index (χ4v) is 2.61. The van der Waals surface area contributed by atoms with Crippen molar-refractivity contribution in [2.45, 2.75) is 20.4 Å². The van der Waals surface area contributed by atoms with Gasteiger partial charge in [-0.25, -0.2) is 0 Å². The van der Waals surface area contributed by atoms with E-state index in [1.165, 1.54) is 11.1 Å². The molecule has 1 heterocycles. The summed E-state index contributed by atoms with van der Waals surface area (Å²) < 4.78 is 1.82. The number of hydrogen-bond donors (Lipinski definition) is 1. The third-order valence-corrected chi connectivity index (χ3v) is 4.02. The lowest BCUT2D eigenvalue weighted by Crippen LogP contribution is -2.18. The zero-order valence-electron chi connectivity index (χ0n) is 14.2. The van der Waals surface area contributed by atoms with Crippen LogP contribution in [0.2, 0.25) is 0 Å². The third-order valence-electron chi connectivity index (χ3n) is 4.02. The maximum Gasteiger partial charge on any atom is 0.254 e. The molecular formula is C20H21N3O. The van der Waals surface area contributed by atoms with Gasteiger partial charge in [0.2, 0.25) is 0 Å². The van der Waals surface area contributed by atoms with Crippen LogP contribution in [0.4, 0.5) is 0 Å². The summed E-state index contributed by atoms with van der Waals surface area (Å²) in [5.41, 5.74) is 5.81. The van der Waals surface area contributed by atoms with Crippen LogP contribution in [-0.4, -0.2) is 22.7 Å². The zero-order chi connectivity index (χ0) is 17.1. The topological polar surface area (TPSA) is 46.9 Å². The van der Waals surface area contributed by atoms with Crippen molar-refractivity contribution >= 4 is 5.91 Å². The summed E-state index contributed by atoms with van der Waals surface area (Å²) in [6.45, 7) is 4.74. The highest BCUT2D eigenvalue weighted by molar-refractivity contribution is 5.99. The van der Waals surface area contributed by atoms with Crippen molar-refractivity contribution in [1.82, 2.24) is 15.1 Å². The molecule has 1 amide bonds. The van der Waals surface area contributed by atoms with Crippen LogP contribution in [0, 0.1) is 13.8 Å². The molecule has 1 aromatic heterocycles. The van der Waals surface area contributed by atoms with Gasteiger partial charge in [0, 0.05) is 18.8 Å². The molecule has 3 aromatic rings. The van der Waals surface area contributed by atoms with Crippen LogP contribution in [0.1, 0.15) is 27.0 Å². The normalized spacial score (nSPS) is 10.6. The number of amides is 1. The molecule has 0 bridgehead atoms.